The molecule has 1 fully saturated rings. The maximum Gasteiger partial charge on any atom is 0.123 e. The van der Waals surface area contributed by atoms with Gasteiger partial charge in [0.15, 0.2) is 0 Å². The highest BCUT2D eigenvalue weighted by atomic mass is 35.5. The first-order valence-corrected chi connectivity index (χ1v) is 2.39. The molecule has 58 valence electrons. The first-order chi connectivity index (χ1) is 2.93. The van der Waals surface area contributed by atoms with E-state index in [4.69, 9.17) is 0 Å². The van der Waals surface area contributed by atoms with Crippen molar-refractivity contribution in [3.63, 3.8) is 0 Å². The molecular formula is C5H11Cl3O. The van der Waals surface area contributed by atoms with Gasteiger partial charge >= 0.3 is 0 Å². The zero-order chi connectivity index (χ0) is 4.41. The fourth-order valence-corrected chi connectivity index (χ4v) is 0.576. The monoisotopic (exact) mass is 192 g/mol. The number of rotatable bonds is 1. The lowest BCUT2D eigenvalue weighted by Gasteiger charge is -2.17. The van der Waals surface area contributed by atoms with Gasteiger partial charge in [-0.1, -0.05) is 6.42 Å². The van der Waals surface area contributed by atoms with E-state index in [1.807, 2.05) is 0 Å². The summed E-state index contributed by atoms with van der Waals surface area (Å²) in [4.78, 5) is 9.79. The van der Waals surface area contributed by atoms with E-state index in [0.717, 1.165) is 19.1 Å². The highest BCUT2D eigenvalue weighted by Gasteiger charge is 2.14. The zero-order valence-corrected chi connectivity index (χ0v) is 7.36. The fraction of sp³-hybridized carbons (Fsp3) is 0.800. The summed E-state index contributed by atoms with van der Waals surface area (Å²) in [5.41, 5.74) is 0. The predicted molar refractivity (Wildman–Crippen MR) is 45.1 cm³/mol. The van der Waals surface area contributed by atoms with Gasteiger partial charge in [0.1, 0.15) is 6.29 Å². The van der Waals surface area contributed by atoms with Crippen molar-refractivity contribution in [3.05, 3.63) is 0 Å². The normalized spacial score (nSPS) is 15.1. The third kappa shape index (κ3) is 5.01. The molecule has 0 bridgehead atoms. The van der Waals surface area contributed by atoms with Gasteiger partial charge in [0.2, 0.25) is 0 Å². The molecule has 0 atom stereocenters. The Kier molecular flexibility index (Phi) is 15.4. The molecule has 1 aliphatic carbocycles. The Labute approximate surface area is 73.8 Å². The van der Waals surface area contributed by atoms with Gasteiger partial charge < -0.3 is 4.79 Å². The average Bonchev–Trinajstić information content (AvgIpc) is 1.31. The van der Waals surface area contributed by atoms with Gasteiger partial charge in [0.25, 0.3) is 0 Å². The van der Waals surface area contributed by atoms with Crippen molar-refractivity contribution in [1.29, 1.82) is 0 Å². The van der Waals surface area contributed by atoms with Crippen LogP contribution in [0.2, 0.25) is 0 Å². The fourth-order valence-electron chi connectivity index (χ4n) is 0.576. The third-order valence-corrected chi connectivity index (χ3v) is 1.34. The quantitative estimate of drug-likeness (QED) is 0.584. The van der Waals surface area contributed by atoms with Crippen LogP contribution in [0.4, 0.5) is 0 Å². The van der Waals surface area contributed by atoms with Crippen LogP contribution < -0.4 is 0 Å². The molecule has 0 heterocycles. The van der Waals surface area contributed by atoms with Crippen LogP contribution in [0.25, 0.3) is 0 Å². The molecule has 9 heavy (non-hydrogen) atoms. The van der Waals surface area contributed by atoms with Crippen LogP contribution in [0.3, 0.4) is 0 Å². The van der Waals surface area contributed by atoms with Crippen molar-refractivity contribution in [3.8, 4) is 0 Å². The molecule has 0 aromatic carbocycles. The molecule has 0 amide bonds. The number of hydrogen-bond acceptors (Lipinski definition) is 1. The van der Waals surface area contributed by atoms with E-state index in [2.05, 4.69) is 0 Å². The lowest BCUT2D eigenvalue weighted by Crippen LogP contribution is -2.10. The molecule has 0 spiro atoms. The number of carbonyl (C=O) groups excluding carboxylic acids is 1. The standard InChI is InChI=1S/C5H8O.3ClH/c6-4-5-2-1-3-5;;;/h4-5H,1-3H2;3*1H. The van der Waals surface area contributed by atoms with Gasteiger partial charge in [-0.3, -0.25) is 0 Å². The minimum absolute atomic E-state index is 0. The molecule has 0 unspecified atom stereocenters. The molecule has 1 aliphatic rings. The summed E-state index contributed by atoms with van der Waals surface area (Å²) >= 11 is 0. The van der Waals surface area contributed by atoms with Crippen LogP contribution in [0.1, 0.15) is 19.3 Å². The van der Waals surface area contributed by atoms with E-state index in [1.165, 1.54) is 6.42 Å². The van der Waals surface area contributed by atoms with Crippen LogP contribution in [0.5, 0.6) is 0 Å². The molecule has 0 radical (unpaired) electrons. The highest BCUT2D eigenvalue weighted by molar-refractivity contribution is 5.86. The topological polar surface area (TPSA) is 17.1 Å². The van der Waals surface area contributed by atoms with E-state index in [1.54, 1.807) is 0 Å². The van der Waals surface area contributed by atoms with Gasteiger partial charge in [-0.2, -0.15) is 0 Å². The number of carbonyl (C=O) groups is 1. The SMILES string of the molecule is Cl.Cl.Cl.O=CC1CCC1. The maximum atomic E-state index is 9.79. The van der Waals surface area contributed by atoms with E-state index < -0.39 is 0 Å². The minimum Gasteiger partial charge on any atom is -0.303 e. The maximum absolute atomic E-state index is 9.79. The first kappa shape index (κ1) is 16.3. The Morgan fingerprint density at radius 3 is 1.56 bits per heavy atom. The van der Waals surface area contributed by atoms with Crippen molar-refractivity contribution in [1.82, 2.24) is 0 Å². The summed E-state index contributed by atoms with van der Waals surface area (Å²) < 4.78 is 0. The molecule has 0 aromatic rings. The van der Waals surface area contributed by atoms with Gasteiger partial charge in [-0.05, 0) is 12.8 Å². The molecule has 1 rings (SSSR count). The van der Waals surface area contributed by atoms with Crippen LogP contribution in [-0.4, -0.2) is 6.29 Å². The summed E-state index contributed by atoms with van der Waals surface area (Å²) in [7, 11) is 0. The highest BCUT2D eigenvalue weighted by Crippen LogP contribution is 2.23. The second-order valence-electron chi connectivity index (χ2n) is 1.83. The molecule has 0 aliphatic heterocycles. The summed E-state index contributed by atoms with van der Waals surface area (Å²) in [5, 5.41) is 0. The molecule has 0 N–H and O–H groups in total. The number of halogens is 3. The second kappa shape index (κ2) is 8.54. The molecule has 0 saturated heterocycles. The Morgan fingerprint density at radius 2 is 1.56 bits per heavy atom. The Hall–Kier alpha value is 0.540. The van der Waals surface area contributed by atoms with Crippen molar-refractivity contribution in [2.75, 3.05) is 0 Å². The summed E-state index contributed by atoms with van der Waals surface area (Å²) in [6.07, 6.45) is 4.61. The average molecular weight is 194 g/mol. The van der Waals surface area contributed by atoms with Gasteiger partial charge in [-0.15, -0.1) is 37.2 Å². The summed E-state index contributed by atoms with van der Waals surface area (Å²) in [6.45, 7) is 0. The number of aldehydes is 1. The first-order valence-electron chi connectivity index (χ1n) is 2.39. The van der Waals surface area contributed by atoms with Crippen LogP contribution >= 0.6 is 37.2 Å². The van der Waals surface area contributed by atoms with Crippen LogP contribution in [0, 0.1) is 5.92 Å². The van der Waals surface area contributed by atoms with Crippen molar-refractivity contribution in [2.24, 2.45) is 5.92 Å². The molecule has 4 heteroatoms. The molecule has 1 saturated carbocycles. The van der Waals surface area contributed by atoms with Crippen molar-refractivity contribution < 1.29 is 4.79 Å². The van der Waals surface area contributed by atoms with E-state index in [-0.39, 0.29) is 37.2 Å². The molecular weight excluding hydrogens is 182 g/mol. The Morgan fingerprint density at radius 1 is 1.11 bits per heavy atom. The van der Waals surface area contributed by atoms with Gasteiger partial charge in [-0.25, -0.2) is 0 Å². The van der Waals surface area contributed by atoms with Crippen molar-refractivity contribution >= 4 is 43.5 Å². The number of hydrogen-bond donors (Lipinski definition) is 0. The zero-order valence-electron chi connectivity index (χ0n) is 4.91. The van der Waals surface area contributed by atoms with Gasteiger partial charge in [0.05, 0.1) is 0 Å². The largest absolute Gasteiger partial charge is 0.303 e. The second-order valence-corrected chi connectivity index (χ2v) is 1.83. The molecule has 0 aromatic heterocycles. The van der Waals surface area contributed by atoms with E-state index >= 15 is 0 Å². The summed E-state index contributed by atoms with van der Waals surface area (Å²) in [5.74, 6) is 0.435. The predicted octanol–water partition coefficient (Wildman–Crippen LogP) is 2.25. The lowest BCUT2D eigenvalue weighted by atomic mass is 9.87. The van der Waals surface area contributed by atoms with Crippen molar-refractivity contribution in [2.45, 2.75) is 19.3 Å². The van der Waals surface area contributed by atoms with Crippen LogP contribution in [-0.2, 0) is 4.79 Å². The third-order valence-electron chi connectivity index (χ3n) is 1.34. The van der Waals surface area contributed by atoms with Gasteiger partial charge in [0, 0.05) is 5.92 Å². The minimum atomic E-state index is 0. The molecule has 1 nitrogen and oxygen atoms in total. The Bertz CT molecular complexity index is 63.2. The Balaban J connectivity index is -0.000000120. The van der Waals surface area contributed by atoms with E-state index in [9.17, 15) is 4.79 Å². The smallest absolute Gasteiger partial charge is 0.123 e. The summed E-state index contributed by atoms with van der Waals surface area (Å²) in [6, 6.07) is 0. The van der Waals surface area contributed by atoms with E-state index in [0.29, 0.717) is 5.92 Å². The van der Waals surface area contributed by atoms with Crippen LogP contribution in [0.15, 0.2) is 0 Å². The lowest BCUT2D eigenvalue weighted by molar-refractivity contribution is -0.113.